The van der Waals surface area contributed by atoms with Crippen LogP contribution < -0.4 is 0 Å². The molecule has 0 rings (SSSR count). The lowest BCUT2D eigenvalue weighted by atomic mass is 10.5. The van der Waals surface area contributed by atoms with E-state index in [-0.39, 0.29) is 15.0 Å². The van der Waals surface area contributed by atoms with Gasteiger partial charge in [-0.25, -0.2) is 0 Å². The van der Waals surface area contributed by atoms with Crippen LogP contribution in [0, 0.1) is 0 Å². The van der Waals surface area contributed by atoms with Gasteiger partial charge in [-0.05, 0) is 0 Å². The van der Waals surface area contributed by atoms with Gasteiger partial charge in [0.05, 0.1) is 27.7 Å². The van der Waals surface area contributed by atoms with E-state index in [0.29, 0.717) is 0 Å². The molecule has 0 bridgehead atoms. The molecule has 47 valence electrons. The molecule has 0 aliphatic rings. The molecular formula is C5H14BNO+. The molecule has 0 amide bonds. The topological polar surface area (TPSA) is 20.2 Å². The summed E-state index contributed by atoms with van der Waals surface area (Å²) in [5.74, 6) is 0. The van der Waals surface area contributed by atoms with E-state index in [4.69, 9.17) is 5.11 Å². The van der Waals surface area contributed by atoms with Gasteiger partial charge in [0.2, 0.25) is 0 Å². The summed E-state index contributed by atoms with van der Waals surface area (Å²) in [6, 6.07) is 0. The van der Waals surface area contributed by atoms with Crippen LogP contribution in [0.25, 0.3) is 0 Å². The molecule has 0 saturated heterocycles. The van der Waals surface area contributed by atoms with Crippen LogP contribution in [-0.2, 0) is 0 Å². The Hall–Kier alpha value is -0.0151. The summed E-state index contributed by atoms with van der Waals surface area (Å²) in [5, 5.41) is 8.39. The second-order valence-electron chi connectivity index (χ2n) is 2.74. The van der Waals surface area contributed by atoms with Crippen LogP contribution in [0.2, 0.25) is 0 Å². The van der Waals surface area contributed by atoms with Crippen LogP contribution in [0.4, 0.5) is 0 Å². The molecule has 3 radical (unpaired) electrons. The fraction of sp³-hybridized carbons (Fsp3) is 1.00. The first-order chi connectivity index (χ1) is 3.06. The summed E-state index contributed by atoms with van der Waals surface area (Å²) < 4.78 is 0.844. The third kappa shape index (κ3) is 9.37. The van der Waals surface area contributed by atoms with Crippen molar-refractivity contribution in [2.24, 2.45) is 0 Å². The Morgan fingerprint density at radius 3 is 1.62 bits per heavy atom. The average Bonchev–Trinajstić information content (AvgIpc) is 1.30. The molecule has 0 aromatic heterocycles. The number of quaternary nitrogens is 1. The van der Waals surface area contributed by atoms with Crippen LogP contribution in [0.1, 0.15) is 0 Å². The van der Waals surface area contributed by atoms with Crippen LogP contribution in [0.15, 0.2) is 0 Å². The number of hydrogen-bond acceptors (Lipinski definition) is 1. The fourth-order valence-electron chi connectivity index (χ4n) is 0.300. The van der Waals surface area contributed by atoms with E-state index in [0.717, 1.165) is 11.0 Å². The van der Waals surface area contributed by atoms with Gasteiger partial charge in [-0.1, -0.05) is 0 Å². The van der Waals surface area contributed by atoms with Crippen molar-refractivity contribution in [2.75, 3.05) is 34.3 Å². The molecule has 0 fully saturated rings. The number of aliphatic hydroxyl groups excluding tert-OH is 1. The molecular weight excluding hydrogens is 101 g/mol. The molecule has 2 nitrogen and oxygen atoms in total. The third-order valence-electron chi connectivity index (χ3n) is 0.771. The van der Waals surface area contributed by atoms with Crippen molar-refractivity contribution >= 4 is 8.41 Å². The van der Waals surface area contributed by atoms with Crippen LogP contribution in [0.5, 0.6) is 0 Å². The molecule has 8 heavy (non-hydrogen) atoms. The molecule has 0 atom stereocenters. The molecule has 0 spiro atoms. The number of hydrogen-bond donors (Lipinski definition) is 1. The summed E-state index contributed by atoms with van der Waals surface area (Å²) >= 11 is 0. The highest BCUT2D eigenvalue weighted by Crippen LogP contribution is 1.84. The molecule has 0 aliphatic carbocycles. The Morgan fingerprint density at radius 2 is 1.62 bits per heavy atom. The lowest BCUT2D eigenvalue weighted by Crippen LogP contribution is -2.36. The van der Waals surface area contributed by atoms with Gasteiger partial charge in [0.25, 0.3) is 0 Å². The van der Waals surface area contributed by atoms with E-state index in [1.807, 2.05) is 0 Å². The maximum Gasteiger partial charge on any atom is 0.101 e. The van der Waals surface area contributed by atoms with Gasteiger partial charge in [0.1, 0.15) is 6.54 Å². The van der Waals surface area contributed by atoms with E-state index in [1.165, 1.54) is 0 Å². The normalized spacial score (nSPS) is 10.5. The van der Waals surface area contributed by atoms with E-state index in [2.05, 4.69) is 21.1 Å². The summed E-state index contributed by atoms with van der Waals surface area (Å²) in [6.45, 7) is 1.11. The first kappa shape index (κ1) is 10.9. The second kappa shape index (κ2) is 3.92. The van der Waals surface area contributed by atoms with Crippen molar-refractivity contribution < 1.29 is 9.59 Å². The lowest BCUT2D eigenvalue weighted by Gasteiger charge is -2.21. The predicted molar refractivity (Wildman–Crippen MR) is 35.7 cm³/mol. The maximum absolute atomic E-state index is 8.39. The molecule has 1 N–H and O–H groups in total. The van der Waals surface area contributed by atoms with Crippen molar-refractivity contribution in [1.29, 1.82) is 0 Å². The Morgan fingerprint density at radius 1 is 1.25 bits per heavy atom. The number of likely N-dealkylation sites (N-methyl/N-ethyl adjacent to an activating group) is 1. The van der Waals surface area contributed by atoms with E-state index in [1.54, 1.807) is 0 Å². The third-order valence-corrected chi connectivity index (χ3v) is 0.771. The van der Waals surface area contributed by atoms with E-state index < -0.39 is 0 Å². The number of aliphatic hydroxyl groups is 1. The highest BCUT2D eigenvalue weighted by atomic mass is 16.3. The molecule has 0 aliphatic heterocycles. The largest absolute Gasteiger partial charge is 0.391 e. The zero-order valence-corrected chi connectivity index (χ0v) is 5.89. The smallest absolute Gasteiger partial charge is 0.101 e. The zero-order valence-electron chi connectivity index (χ0n) is 5.89. The van der Waals surface area contributed by atoms with Gasteiger partial charge in [-0.3, -0.25) is 0 Å². The first-order valence-corrected chi connectivity index (χ1v) is 2.47. The van der Waals surface area contributed by atoms with Gasteiger partial charge in [-0.2, -0.15) is 0 Å². The lowest BCUT2D eigenvalue weighted by molar-refractivity contribution is -0.870. The van der Waals surface area contributed by atoms with Gasteiger partial charge in [-0.15, -0.1) is 0 Å². The fourth-order valence-corrected chi connectivity index (χ4v) is 0.300. The number of rotatable bonds is 2. The maximum atomic E-state index is 8.39. The minimum atomic E-state index is 0. The van der Waals surface area contributed by atoms with Gasteiger partial charge in [0, 0.05) is 8.41 Å². The van der Waals surface area contributed by atoms with Crippen molar-refractivity contribution in [2.45, 2.75) is 0 Å². The minimum absolute atomic E-state index is 0. The SMILES string of the molecule is C[N+](C)(C)CCO.[B]. The summed E-state index contributed by atoms with van der Waals surface area (Å²) in [7, 11) is 6.16. The standard InChI is InChI=1S/C5H14NO.B/c1-6(2,3)4-5-7;/h7H,4-5H2,1-3H3;/q+1;. The van der Waals surface area contributed by atoms with Crippen molar-refractivity contribution in [3.8, 4) is 0 Å². The van der Waals surface area contributed by atoms with Gasteiger partial charge < -0.3 is 9.59 Å². The quantitative estimate of drug-likeness (QED) is 0.373. The summed E-state index contributed by atoms with van der Waals surface area (Å²) in [6.07, 6.45) is 0. The van der Waals surface area contributed by atoms with E-state index >= 15 is 0 Å². The van der Waals surface area contributed by atoms with Crippen molar-refractivity contribution in [1.82, 2.24) is 0 Å². The molecule has 0 unspecified atom stereocenters. The highest BCUT2D eigenvalue weighted by Gasteiger charge is 2.02. The number of nitrogens with zero attached hydrogens (tertiary/aromatic N) is 1. The van der Waals surface area contributed by atoms with Crippen LogP contribution >= 0.6 is 0 Å². The van der Waals surface area contributed by atoms with Crippen LogP contribution in [0.3, 0.4) is 0 Å². The van der Waals surface area contributed by atoms with E-state index in [9.17, 15) is 0 Å². The highest BCUT2D eigenvalue weighted by molar-refractivity contribution is 5.75. The zero-order chi connectivity index (χ0) is 5.91. The van der Waals surface area contributed by atoms with Crippen LogP contribution in [-0.4, -0.2) is 52.3 Å². The molecule has 0 aromatic rings. The van der Waals surface area contributed by atoms with Crippen molar-refractivity contribution in [3.63, 3.8) is 0 Å². The minimum Gasteiger partial charge on any atom is -0.391 e. The van der Waals surface area contributed by atoms with Crippen molar-refractivity contribution in [3.05, 3.63) is 0 Å². The Balaban J connectivity index is 0. The predicted octanol–water partition coefficient (Wildman–Crippen LogP) is -0.696. The molecule has 0 saturated carbocycles. The molecule has 0 aromatic carbocycles. The molecule has 0 heterocycles. The average molecular weight is 115 g/mol. The first-order valence-electron chi connectivity index (χ1n) is 2.47. The monoisotopic (exact) mass is 115 g/mol. The summed E-state index contributed by atoms with van der Waals surface area (Å²) in [4.78, 5) is 0. The second-order valence-corrected chi connectivity index (χ2v) is 2.74. The van der Waals surface area contributed by atoms with Gasteiger partial charge >= 0.3 is 0 Å². The molecule has 3 heteroatoms. The Bertz CT molecular complexity index is 50.9. The van der Waals surface area contributed by atoms with Gasteiger partial charge in [0.15, 0.2) is 0 Å². The Kier molecular flexibility index (Phi) is 5.33. The Labute approximate surface area is 53.3 Å². The summed E-state index contributed by atoms with van der Waals surface area (Å²) in [5.41, 5.74) is 0.